The lowest BCUT2D eigenvalue weighted by atomic mass is 10.0. The highest BCUT2D eigenvalue weighted by Gasteiger charge is 2.10. The normalized spacial score (nSPS) is 18.1. The van der Waals surface area contributed by atoms with E-state index in [1.807, 2.05) is 24.3 Å². The van der Waals surface area contributed by atoms with Gasteiger partial charge in [-0.25, -0.2) is 0 Å². The fraction of sp³-hybridized carbons (Fsp3) is 0.167. The first-order valence-electron chi connectivity index (χ1n) is 4.71. The van der Waals surface area contributed by atoms with Crippen LogP contribution < -0.4 is 5.73 Å². The van der Waals surface area contributed by atoms with Gasteiger partial charge in [-0.2, -0.15) is 0 Å². The molecule has 0 aliphatic carbocycles. The van der Waals surface area contributed by atoms with Crippen LogP contribution in [-0.2, 0) is 4.74 Å². The molecule has 1 aliphatic rings. The van der Waals surface area contributed by atoms with Crippen LogP contribution in [0.2, 0.25) is 0 Å². The Morgan fingerprint density at radius 3 is 2.64 bits per heavy atom. The Kier molecular flexibility index (Phi) is 2.65. The molecule has 1 aromatic rings. The van der Waals surface area contributed by atoms with Gasteiger partial charge in [-0.3, -0.25) is 0 Å². The van der Waals surface area contributed by atoms with Gasteiger partial charge in [-0.15, -0.1) is 0 Å². The van der Waals surface area contributed by atoms with Crippen LogP contribution in [-0.4, -0.2) is 6.54 Å². The minimum Gasteiger partial charge on any atom is -0.469 e. The first-order chi connectivity index (χ1) is 6.92. The van der Waals surface area contributed by atoms with Crippen molar-refractivity contribution in [3.05, 3.63) is 54.0 Å². The molecule has 0 spiro atoms. The summed E-state index contributed by atoms with van der Waals surface area (Å²) in [5.41, 5.74) is 7.96. The number of allylic oxidation sites excluding steroid dienone is 1. The molecule has 1 aromatic carbocycles. The number of benzene rings is 1. The summed E-state index contributed by atoms with van der Waals surface area (Å²) < 4.78 is 5.38. The van der Waals surface area contributed by atoms with Crippen molar-refractivity contribution in [3.63, 3.8) is 0 Å². The number of ether oxygens (including phenoxy) is 1. The molecule has 72 valence electrons. The minimum absolute atomic E-state index is 0.515. The van der Waals surface area contributed by atoms with E-state index in [0.717, 1.165) is 23.3 Å². The molecule has 0 saturated heterocycles. The van der Waals surface area contributed by atoms with Crippen molar-refractivity contribution in [1.82, 2.24) is 0 Å². The summed E-state index contributed by atoms with van der Waals surface area (Å²) >= 11 is 0. The maximum Gasteiger partial charge on any atom is 0.112 e. The van der Waals surface area contributed by atoms with Crippen molar-refractivity contribution in [2.24, 2.45) is 5.73 Å². The summed E-state index contributed by atoms with van der Waals surface area (Å²) in [6.45, 7) is 0.515. The first-order valence-corrected chi connectivity index (χ1v) is 4.71. The maximum absolute atomic E-state index is 5.72. The van der Waals surface area contributed by atoms with Gasteiger partial charge < -0.3 is 10.5 Å². The van der Waals surface area contributed by atoms with Crippen LogP contribution >= 0.6 is 0 Å². The van der Waals surface area contributed by atoms with Crippen molar-refractivity contribution in [1.29, 1.82) is 0 Å². The van der Waals surface area contributed by atoms with E-state index in [4.69, 9.17) is 10.5 Å². The van der Waals surface area contributed by atoms with E-state index in [1.54, 1.807) is 6.26 Å². The predicted molar refractivity (Wildman–Crippen MR) is 57.3 cm³/mol. The van der Waals surface area contributed by atoms with E-state index < -0.39 is 0 Å². The second kappa shape index (κ2) is 4.11. The van der Waals surface area contributed by atoms with Crippen molar-refractivity contribution in [2.45, 2.75) is 6.42 Å². The lowest BCUT2D eigenvalue weighted by Gasteiger charge is -2.08. The van der Waals surface area contributed by atoms with Crippen LogP contribution in [0.1, 0.15) is 12.0 Å². The van der Waals surface area contributed by atoms with Crippen molar-refractivity contribution in [3.8, 4) is 0 Å². The summed E-state index contributed by atoms with van der Waals surface area (Å²) in [4.78, 5) is 0. The van der Waals surface area contributed by atoms with E-state index in [2.05, 4.69) is 12.1 Å². The Labute approximate surface area is 83.7 Å². The van der Waals surface area contributed by atoms with Crippen LogP contribution in [0.3, 0.4) is 0 Å². The van der Waals surface area contributed by atoms with Crippen LogP contribution in [0.25, 0.3) is 5.57 Å². The number of rotatable bonds is 2. The molecule has 14 heavy (non-hydrogen) atoms. The van der Waals surface area contributed by atoms with E-state index >= 15 is 0 Å². The predicted octanol–water partition coefficient (Wildman–Crippen LogP) is 2.29. The van der Waals surface area contributed by atoms with Gasteiger partial charge in [0.25, 0.3) is 0 Å². The molecular formula is C12H13NO. The molecule has 0 unspecified atom stereocenters. The third-order valence-electron chi connectivity index (χ3n) is 2.27. The Balaban J connectivity index is 2.35. The summed E-state index contributed by atoms with van der Waals surface area (Å²) in [5.74, 6) is 0.971. The summed E-state index contributed by atoms with van der Waals surface area (Å²) in [5, 5.41) is 0. The van der Waals surface area contributed by atoms with E-state index in [9.17, 15) is 0 Å². The third kappa shape index (κ3) is 1.70. The Hall–Kier alpha value is -1.54. The molecular weight excluding hydrogens is 174 g/mol. The van der Waals surface area contributed by atoms with Crippen molar-refractivity contribution >= 4 is 5.57 Å². The second-order valence-electron chi connectivity index (χ2n) is 3.17. The number of hydrogen-bond acceptors (Lipinski definition) is 2. The molecule has 0 saturated carbocycles. The quantitative estimate of drug-likeness (QED) is 0.771. The zero-order chi connectivity index (χ0) is 9.80. The van der Waals surface area contributed by atoms with Crippen molar-refractivity contribution in [2.75, 3.05) is 6.54 Å². The monoisotopic (exact) mass is 187 g/mol. The highest BCUT2D eigenvalue weighted by molar-refractivity contribution is 5.69. The van der Waals surface area contributed by atoms with Gasteiger partial charge in [0, 0.05) is 18.5 Å². The Morgan fingerprint density at radius 2 is 2.07 bits per heavy atom. The lowest BCUT2D eigenvalue weighted by molar-refractivity contribution is 0.369. The van der Waals surface area contributed by atoms with Crippen molar-refractivity contribution < 1.29 is 4.74 Å². The van der Waals surface area contributed by atoms with Gasteiger partial charge in [0.1, 0.15) is 5.76 Å². The summed E-state index contributed by atoms with van der Waals surface area (Å²) in [6.07, 6.45) is 4.56. The average Bonchev–Trinajstić information content (AvgIpc) is 2.74. The Bertz CT molecular complexity index is 355. The number of nitrogens with two attached hydrogens (primary N) is 1. The Morgan fingerprint density at radius 1 is 1.29 bits per heavy atom. The third-order valence-corrected chi connectivity index (χ3v) is 2.27. The molecule has 0 atom stereocenters. The van der Waals surface area contributed by atoms with Gasteiger partial charge in [0.2, 0.25) is 0 Å². The zero-order valence-corrected chi connectivity index (χ0v) is 7.94. The first kappa shape index (κ1) is 9.03. The minimum atomic E-state index is 0.515. The standard InChI is InChI=1S/C12H13NO/c13-9-11(12-7-4-8-14-12)10-5-2-1-3-6-10/h1-6,8H,7,9,13H2. The molecule has 2 nitrogen and oxygen atoms in total. The SMILES string of the molecule is NCC(=C1CC=CO1)c1ccccc1. The maximum atomic E-state index is 5.72. The molecule has 2 heteroatoms. The van der Waals surface area contributed by atoms with Gasteiger partial charge in [0.05, 0.1) is 6.26 Å². The average molecular weight is 187 g/mol. The van der Waals surface area contributed by atoms with Gasteiger partial charge in [0.15, 0.2) is 0 Å². The van der Waals surface area contributed by atoms with E-state index in [-0.39, 0.29) is 0 Å². The smallest absolute Gasteiger partial charge is 0.112 e. The van der Waals surface area contributed by atoms with Crippen LogP contribution in [0, 0.1) is 0 Å². The van der Waals surface area contributed by atoms with Gasteiger partial charge in [-0.05, 0) is 11.6 Å². The van der Waals surface area contributed by atoms with Gasteiger partial charge in [-0.1, -0.05) is 30.3 Å². The molecule has 0 bridgehead atoms. The molecule has 1 aliphatic heterocycles. The fourth-order valence-electron chi connectivity index (χ4n) is 1.56. The van der Waals surface area contributed by atoms with Crippen LogP contribution in [0.15, 0.2) is 48.4 Å². The molecule has 2 N–H and O–H groups in total. The molecule has 0 amide bonds. The van der Waals surface area contributed by atoms with Crippen LogP contribution in [0.4, 0.5) is 0 Å². The van der Waals surface area contributed by atoms with E-state index in [0.29, 0.717) is 6.54 Å². The molecule has 0 aromatic heterocycles. The highest BCUT2D eigenvalue weighted by atomic mass is 16.5. The molecule has 2 rings (SSSR count). The van der Waals surface area contributed by atoms with Gasteiger partial charge >= 0.3 is 0 Å². The summed E-state index contributed by atoms with van der Waals surface area (Å²) in [6, 6.07) is 10.1. The highest BCUT2D eigenvalue weighted by Crippen LogP contribution is 2.24. The molecule has 0 fully saturated rings. The molecule has 1 heterocycles. The number of hydrogen-bond donors (Lipinski definition) is 1. The largest absolute Gasteiger partial charge is 0.469 e. The fourth-order valence-corrected chi connectivity index (χ4v) is 1.56. The summed E-state index contributed by atoms with van der Waals surface area (Å²) in [7, 11) is 0. The topological polar surface area (TPSA) is 35.2 Å². The lowest BCUT2D eigenvalue weighted by Crippen LogP contribution is -2.05. The van der Waals surface area contributed by atoms with Crippen LogP contribution in [0.5, 0.6) is 0 Å². The molecule has 0 radical (unpaired) electrons. The van der Waals surface area contributed by atoms with E-state index in [1.165, 1.54) is 0 Å². The zero-order valence-electron chi connectivity index (χ0n) is 7.94. The second-order valence-corrected chi connectivity index (χ2v) is 3.17.